The van der Waals surface area contributed by atoms with Crippen LogP contribution >= 0.6 is 0 Å². The van der Waals surface area contributed by atoms with Gasteiger partial charge in [-0.1, -0.05) is 86.5 Å². The third kappa shape index (κ3) is 3.33. The van der Waals surface area contributed by atoms with Crippen molar-refractivity contribution in [3.63, 3.8) is 0 Å². The summed E-state index contributed by atoms with van der Waals surface area (Å²) < 4.78 is 11.8. The largest absolute Gasteiger partial charge is 0.439 e. The molecule has 4 atom stereocenters. The highest BCUT2D eigenvalue weighted by atomic mass is 16.6. The molecule has 1 amide bonds. The second kappa shape index (κ2) is 8.44. The van der Waals surface area contributed by atoms with Crippen LogP contribution in [0.2, 0.25) is 0 Å². The molecule has 1 saturated heterocycles. The molecule has 0 saturated carbocycles. The molecule has 2 aliphatic rings. The number of ether oxygens (including phenoxy) is 2. The molecule has 2 aromatic rings. The predicted molar refractivity (Wildman–Crippen MR) is 114 cm³/mol. The van der Waals surface area contributed by atoms with Crippen molar-refractivity contribution in [2.75, 3.05) is 7.11 Å². The lowest BCUT2D eigenvalue weighted by Gasteiger charge is -2.39. The minimum atomic E-state index is -1.08. The highest BCUT2D eigenvalue weighted by molar-refractivity contribution is 6.01. The second-order valence-electron chi connectivity index (χ2n) is 7.84. The van der Waals surface area contributed by atoms with Crippen molar-refractivity contribution >= 4 is 11.9 Å². The molecule has 30 heavy (non-hydrogen) atoms. The number of hydrogen-bond donors (Lipinski definition) is 0. The average Bonchev–Trinajstić information content (AvgIpc) is 3.30. The number of nitrogens with zero attached hydrogens (tertiary/aromatic N) is 1. The Morgan fingerprint density at radius 1 is 1.00 bits per heavy atom. The average molecular weight is 405 g/mol. The van der Waals surface area contributed by atoms with Crippen molar-refractivity contribution < 1.29 is 19.1 Å². The van der Waals surface area contributed by atoms with Gasteiger partial charge in [-0.15, -0.1) is 0 Å². The Hall–Kier alpha value is -2.92. The van der Waals surface area contributed by atoms with Crippen LogP contribution in [-0.4, -0.2) is 35.5 Å². The van der Waals surface area contributed by atoms with Crippen molar-refractivity contribution in [3.05, 3.63) is 83.9 Å². The van der Waals surface area contributed by atoms with E-state index in [9.17, 15) is 9.59 Å². The molecule has 0 spiro atoms. The van der Waals surface area contributed by atoms with Crippen molar-refractivity contribution in [1.29, 1.82) is 0 Å². The maximum Gasteiger partial charge on any atom is 0.411 e. The van der Waals surface area contributed by atoms with Crippen molar-refractivity contribution in [2.45, 2.75) is 50.0 Å². The van der Waals surface area contributed by atoms with Gasteiger partial charge in [0.1, 0.15) is 6.04 Å². The van der Waals surface area contributed by atoms with Crippen LogP contribution in [0.25, 0.3) is 0 Å². The zero-order valence-electron chi connectivity index (χ0n) is 17.4. The predicted octanol–water partition coefficient (Wildman–Crippen LogP) is 5.00. The van der Waals surface area contributed by atoms with Crippen LogP contribution < -0.4 is 0 Å². The summed E-state index contributed by atoms with van der Waals surface area (Å²) in [5.74, 6) is -0.0915. The van der Waals surface area contributed by atoms with Crippen LogP contribution in [-0.2, 0) is 14.3 Å². The Balaban J connectivity index is 1.80. The topological polar surface area (TPSA) is 55.8 Å². The lowest BCUT2D eigenvalue weighted by molar-refractivity contribution is -0.140. The van der Waals surface area contributed by atoms with Gasteiger partial charge < -0.3 is 9.47 Å². The number of methoxy groups -OCH3 is 1. The number of ketones is 1. The van der Waals surface area contributed by atoms with E-state index in [2.05, 4.69) is 6.92 Å². The Morgan fingerprint density at radius 3 is 2.23 bits per heavy atom. The minimum absolute atomic E-state index is 0.0915. The first-order valence-electron chi connectivity index (χ1n) is 10.5. The van der Waals surface area contributed by atoms with Gasteiger partial charge >= 0.3 is 6.09 Å². The number of unbranched alkanes of at least 4 members (excludes halogenated alkanes) is 1. The summed E-state index contributed by atoms with van der Waals surface area (Å²) in [7, 11) is 1.56. The highest BCUT2D eigenvalue weighted by Crippen LogP contribution is 2.48. The molecule has 1 heterocycles. The fourth-order valence-electron chi connectivity index (χ4n) is 4.63. The first-order chi connectivity index (χ1) is 14.6. The van der Waals surface area contributed by atoms with Crippen molar-refractivity contribution in [2.24, 2.45) is 0 Å². The first kappa shape index (κ1) is 20.4. The van der Waals surface area contributed by atoms with Crippen molar-refractivity contribution in [1.82, 2.24) is 4.90 Å². The molecule has 1 aliphatic heterocycles. The van der Waals surface area contributed by atoms with Gasteiger partial charge in [0.05, 0.1) is 6.04 Å². The molecule has 1 aliphatic carbocycles. The van der Waals surface area contributed by atoms with E-state index < -0.39 is 23.8 Å². The van der Waals surface area contributed by atoms with E-state index in [0.717, 1.165) is 24.0 Å². The van der Waals surface area contributed by atoms with Crippen LogP contribution in [0.15, 0.2) is 72.8 Å². The van der Waals surface area contributed by atoms with Crippen LogP contribution in [0.4, 0.5) is 4.79 Å². The molecule has 5 nitrogen and oxygen atoms in total. The summed E-state index contributed by atoms with van der Waals surface area (Å²) in [5, 5.41) is 0. The monoisotopic (exact) mass is 405 g/mol. The van der Waals surface area contributed by atoms with Gasteiger partial charge in [-0.25, -0.2) is 4.79 Å². The first-order valence-corrected chi connectivity index (χ1v) is 10.5. The Kier molecular flexibility index (Phi) is 5.73. The number of benzene rings is 2. The van der Waals surface area contributed by atoms with E-state index >= 15 is 0 Å². The maximum atomic E-state index is 13.2. The lowest BCUT2D eigenvalue weighted by Crippen LogP contribution is -2.55. The number of cyclic esters (lactones) is 1. The quantitative estimate of drug-likeness (QED) is 0.650. The van der Waals surface area contributed by atoms with E-state index in [1.165, 1.54) is 0 Å². The zero-order chi connectivity index (χ0) is 21.1. The standard InChI is InChI=1S/C25H27NO4/c1-3-4-17-25(29-2)20(15-16-21(25)27)26-22(18-11-7-5-8-12-18)23(30-24(26)28)19-13-9-6-10-14-19/h5-16,20,22-23H,3-4,17H2,1-2H3/t20-,22-,23+,25+/m1/s1. The van der Waals surface area contributed by atoms with Gasteiger partial charge in [-0.3, -0.25) is 9.69 Å². The highest BCUT2D eigenvalue weighted by Gasteiger charge is 2.56. The Morgan fingerprint density at radius 2 is 1.63 bits per heavy atom. The van der Waals surface area contributed by atoms with Crippen LogP contribution in [0, 0.1) is 0 Å². The van der Waals surface area contributed by atoms with Crippen LogP contribution in [0.1, 0.15) is 49.5 Å². The molecular formula is C25H27NO4. The summed E-state index contributed by atoms with van der Waals surface area (Å²) in [4.78, 5) is 27.8. The SMILES string of the molecule is CCCC[C@@]1(OC)C(=O)C=C[C@H]1N1C(=O)O[C@@H](c2ccccc2)[C@H]1c1ccccc1. The molecule has 4 rings (SSSR count). The molecule has 156 valence electrons. The lowest BCUT2D eigenvalue weighted by atomic mass is 9.86. The van der Waals surface area contributed by atoms with Crippen molar-refractivity contribution in [3.8, 4) is 0 Å². The van der Waals surface area contributed by atoms with E-state index in [1.54, 1.807) is 24.2 Å². The van der Waals surface area contributed by atoms with Gasteiger partial charge in [0, 0.05) is 7.11 Å². The maximum absolute atomic E-state index is 13.2. The second-order valence-corrected chi connectivity index (χ2v) is 7.84. The molecule has 0 unspecified atom stereocenters. The number of carbonyl (C=O) groups excluding carboxylic acids is 2. The summed E-state index contributed by atoms with van der Waals surface area (Å²) in [5.41, 5.74) is 0.811. The molecule has 5 heteroatoms. The molecule has 0 aromatic heterocycles. The van der Waals surface area contributed by atoms with Gasteiger partial charge in [0.25, 0.3) is 0 Å². The van der Waals surface area contributed by atoms with E-state index in [-0.39, 0.29) is 11.8 Å². The number of hydrogen-bond acceptors (Lipinski definition) is 4. The van der Waals surface area contributed by atoms with Crippen LogP contribution in [0.3, 0.4) is 0 Å². The minimum Gasteiger partial charge on any atom is -0.439 e. The van der Waals surface area contributed by atoms with Gasteiger partial charge in [-0.2, -0.15) is 0 Å². The third-order valence-electron chi connectivity index (χ3n) is 6.18. The Labute approximate surface area is 177 Å². The summed E-state index contributed by atoms with van der Waals surface area (Å²) in [6, 6.07) is 18.7. The molecule has 0 radical (unpaired) electrons. The third-order valence-corrected chi connectivity index (χ3v) is 6.18. The molecule has 1 fully saturated rings. The van der Waals surface area contributed by atoms with Gasteiger partial charge in [0.2, 0.25) is 0 Å². The zero-order valence-corrected chi connectivity index (χ0v) is 17.4. The normalized spacial score (nSPS) is 28.2. The van der Waals surface area contributed by atoms with E-state index in [0.29, 0.717) is 6.42 Å². The van der Waals surface area contributed by atoms with Gasteiger partial charge in [0.15, 0.2) is 17.5 Å². The Bertz CT molecular complexity index is 927. The van der Waals surface area contributed by atoms with E-state index in [1.807, 2.05) is 60.7 Å². The molecule has 0 bridgehead atoms. The number of amides is 1. The smallest absolute Gasteiger partial charge is 0.411 e. The van der Waals surface area contributed by atoms with Gasteiger partial charge in [-0.05, 0) is 23.6 Å². The van der Waals surface area contributed by atoms with E-state index in [4.69, 9.17) is 9.47 Å². The number of carbonyl (C=O) groups is 2. The summed E-state index contributed by atoms with van der Waals surface area (Å²) >= 11 is 0. The molecular weight excluding hydrogens is 378 g/mol. The fourth-order valence-corrected chi connectivity index (χ4v) is 4.63. The molecule has 2 aromatic carbocycles. The van der Waals surface area contributed by atoms with Crippen LogP contribution in [0.5, 0.6) is 0 Å². The molecule has 0 N–H and O–H groups in total. The number of rotatable bonds is 7. The summed E-state index contributed by atoms with van der Waals surface area (Å²) in [6.07, 6.45) is 4.77. The summed E-state index contributed by atoms with van der Waals surface area (Å²) in [6.45, 7) is 2.08. The fraction of sp³-hybridized carbons (Fsp3) is 0.360.